The molecule has 0 N–H and O–H groups in total. The quantitative estimate of drug-likeness (QED) is 0.190. The first kappa shape index (κ1) is 21.7. The van der Waals surface area contributed by atoms with Crippen LogP contribution in [0.3, 0.4) is 0 Å². The number of thiophene rings is 1. The van der Waals surface area contributed by atoms with E-state index < -0.39 is 17.2 Å². The second-order valence-electron chi connectivity index (χ2n) is 7.42. The summed E-state index contributed by atoms with van der Waals surface area (Å²) in [5.41, 5.74) is -0.163. The fourth-order valence-electron chi connectivity index (χ4n) is 3.73. The van der Waals surface area contributed by atoms with Crippen molar-refractivity contribution in [2.45, 2.75) is 13.3 Å². The summed E-state index contributed by atoms with van der Waals surface area (Å²) in [4.78, 5) is 38.3. The number of carbonyl (C=O) groups is 1. The number of rotatable bonds is 6. The third-order valence-corrected chi connectivity index (χ3v) is 6.04. The number of hydrogen-bond acceptors (Lipinski definition) is 8. The van der Waals surface area contributed by atoms with Gasteiger partial charge in [-0.2, -0.15) is 0 Å². The molecule has 170 valence electrons. The van der Waals surface area contributed by atoms with Gasteiger partial charge >= 0.3 is 17.2 Å². The molecule has 3 aromatic heterocycles. The first-order valence-corrected chi connectivity index (χ1v) is 11.4. The Bertz CT molecular complexity index is 1630. The molecular weight excluding hydrogens is 456 g/mol. The summed E-state index contributed by atoms with van der Waals surface area (Å²) in [5.74, 6) is 0.275. The number of carbonyl (C=O) groups excluding carboxylic acids is 1. The maximum Gasteiger partial charge on any atom is 0.344 e. The molecule has 3 heterocycles. The number of hydrogen-bond donors (Lipinski definition) is 0. The Morgan fingerprint density at radius 1 is 0.971 bits per heavy atom. The summed E-state index contributed by atoms with van der Waals surface area (Å²) in [6, 6.07) is 16.6. The van der Waals surface area contributed by atoms with Crippen LogP contribution in [-0.4, -0.2) is 12.6 Å². The lowest BCUT2D eigenvalue weighted by atomic mass is 10.0. The molecule has 0 bridgehead atoms. The summed E-state index contributed by atoms with van der Waals surface area (Å²) in [6.07, 6.45) is 0.140. The van der Waals surface area contributed by atoms with Crippen molar-refractivity contribution in [3.05, 3.63) is 91.8 Å². The first-order chi connectivity index (χ1) is 16.5. The van der Waals surface area contributed by atoms with E-state index in [2.05, 4.69) is 0 Å². The topological polar surface area (TPSA) is 96.0 Å². The van der Waals surface area contributed by atoms with E-state index in [0.29, 0.717) is 34.3 Å². The molecule has 0 spiro atoms. The van der Waals surface area contributed by atoms with E-state index in [1.807, 2.05) is 24.4 Å². The van der Waals surface area contributed by atoms with Gasteiger partial charge in [0.05, 0.1) is 18.6 Å². The fourth-order valence-corrected chi connectivity index (χ4v) is 4.42. The average Bonchev–Trinajstić information content (AvgIpc) is 3.31. The van der Waals surface area contributed by atoms with Crippen LogP contribution in [0, 0.1) is 0 Å². The molecule has 0 saturated carbocycles. The molecule has 0 amide bonds. The number of ether oxygens (including phenoxy) is 2. The Labute approximate surface area is 196 Å². The third kappa shape index (κ3) is 4.23. The van der Waals surface area contributed by atoms with Gasteiger partial charge in [0.1, 0.15) is 11.3 Å². The Kier molecular flexibility index (Phi) is 5.73. The van der Waals surface area contributed by atoms with E-state index in [-0.39, 0.29) is 23.3 Å². The van der Waals surface area contributed by atoms with E-state index in [0.717, 1.165) is 4.88 Å². The molecule has 0 aliphatic carbocycles. The predicted octanol–water partition coefficient (Wildman–Crippen LogP) is 5.17. The average molecular weight is 474 g/mol. The minimum absolute atomic E-state index is 0.140. The first-order valence-electron chi connectivity index (χ1n) is 10.5. The van der Waals surface area contributed by atoms with Crippen LogP contribution in [0.15, 0.2) is 84.5 Å². The lowest BCUT2D eigenvalue weighted by Crippen LogP contribution is -2.10. The van der Waals surface area contributed by atoms with Crippen molar-refractivity contribution in [1.29, 1.82) is 0 Å². The van der Waals surface area contributed by atoms with Crippen LogP contribution in [0.4, 0.5) is 0 Å². The minimum Gasteiger partial charge on any atom is -0.490 e. The van der Waals surface area contributed by atoms with E-state index >= 15 is 0 Å². The summed E-state index contributed by atoms with van der Waals surface area (Å²) in [5, 5.41) is 3.04. The highest BCUT2D eigenvalue weighted by atomic mass is 32.1. The van der Waals surface area contributed by atoms with Gasteiger partial charge in [-0.15, -0.1) is 11.3 Å². The molecule has 8 heteroatoms. The van der Waals surface area contributed by atoms with Crippen molar-refractivity contribution >= 4 is 39.2 Å². The molecule has 0 aliphatic rings. The highest BCUT2D eigenvalue weighted by Gasteiger charge is 2.16. The van der Waals surface area contributed by atoms with E-state index in [1.54, 1.807) is 36.4 Å². The monoisotopic (exact) mass is 474 g/mol. The highest BCUT2D eigenvalue weighted by molar-refractivity contribution is 7.10. The Hall–Kier alpha value is -4.17. The van der Waals surface area contributed by atoms with Gasteiger partial charge in [0.25, 0.3) is 0 Å². The normalized spacial score (nSPS) is 11.1. The zero-order valence-electron chi connectivity index (χ0n) is 18.0. The van der Waals surface area contributed by atoms with Gasteiger partial charge in [-0.25, -0.2) is 9.59 Å². The molecule has 2 aromatic carbocycles. The minimum atomic E-state index is -0.646. The van der Waals surface area contributed by atoms with Crippen LogP contribution in [0.25, 0.3) is 33.1 Å². The van der Waals surface area contributed by atoms with Gasteiger partial charge < -0.3 is 18.3 Å². The van der Waals surface area contributed by atoms with E-state index in [9.17, 15) is 14.4 Å². The van der Waals surface area contributed by atoms with Crippen LogP contribution in [0.5, 0.6) is 11.5 Å². The third-order valence-electron chi connectivity index (χ3n) is 5.16. The van der Waals surface area contributed by atoms with Crippen molar-refractivity contribution in [3.63, 3.8) is 0 Å². The molecule has 0 atom stereocenters. The lowest BCUT2D eigenvalue weighted by molar-refractivity contribution is -0.133. The largest absolute Gasteiger partial charge is 0.490 e. The van der Waals surface area contributed by atoms with Gasteiger partial charge in [-0.3, -0.25) is 4.79 Å². The summed E-state index contributed by atoms with van der Waals surface area (Å²) in [7, 11) is 0. The van der Waals surface area contributed by atoms with Crippen LogP contribution in [0.1, 0.15) is 11.8 Å². The predicted molar refractivity (Wildman–Crippen MR) is 129 cm³/mol. The summed E-state index contributed by atoms with van der Waals surface area (Å²) < 4.78 is 21.9. The second-order valence-corrected chi connectivity index (χ2v) is 8.45. The summed E-state index contributed by atoms with van der Waals surface area (Å²) >= 11 is 1.46. The molecule has 5 aromatic rings. The van der Waals surface area contributed by atoms with Gasteiger partial charge in [-0.05, 0) is 42.6 Å². The van der Waals surface area contributed by atoms with Gasteiger partial charge in [0.2, 0.25) is 0 Å². The molecule has 0 saturated heterocycles. The van der Waals surface area contributed by atoms with Gasteiger partial charge in [-0.1, -0.05) is 18.2 Å². The molecule has 7 nitrogen and oxygen atoms in total. The zero-order chi connectivity index (χ0) is 23.7. The van der Waals surface area contributed by atoms with Crippen molar-refractivity contribution in [3.8, 4) is 22.6 Å². The number of esters is 1. The number of fused-ring (bicyclic) bond motifs is 2. The van der Waals surface area contributed by atoms with Gasteiger partial charge in [0, 0.05) is 33.3 Å². The Morgan fingerprint density at radius 3 is 2.65 bits per heavy atom. The molecular formula is C26H18O7S. The van der Waals surface area contributed by atoms with Gasteiger partial charge in [0.15, 0.2) is 11.3 Å². The standard InChI is InChI=1S/C26H18O7S/c1-2-30-21-7-3-5-15-11-20(26(29)33-25(15)21)19-14-24(28)32-22-12-16(8-9-18(19)22)31-23(27)13-17-6-4-10-34-17/h3-12,14H,2,13H2,1H3. The molecule has 34 heavy (non-hydrogen) atoms. The van der Waals surface area contributed by atoms with Crippen molar-refractivity contribution in [1.82, 2.24) is 0 Å². The maximum absolute atomic E-state index is 12.9. The Morgan fingerprint density at radius 2 is 1.85 bits per heavy atom. The molecule has 0 unspecified atom stereocenters. The maximum atomic E-state index is 12.9. The molecule has 0 radical (unpaired) electrons. The van der Waals surface area contributed by atoms with Crippen molar-refractivity contribution < 1.29 is 23.1 Å². The van der Waals surface area contributed by atoms with Crippen LogP contribution < -0.4 is 20.7 Å². The van der Waals surface area contributed by atoms with Crippen molar-refractivity contribution in [2.75, 3.05) is 6.61 Å². The fraction of sp³-hybridized carbons (Fsp3) is 0.115. The number of para-hydroxylation sites is 1. The molecule has 5 rings (SSSR count). The lowest BCUT2D eigenvalue weighted by Gasteiger charge is -2.09. The van der Waals surface area contributed by atoms with E-state index in [1.165, 1.54) is 23.5 Å². The Balaban J connectivity index is 1.56. The van der Waals surface area contributed by atoms with Crippen molar-refractivity contribution in [2.24, 2.45) is 0 Å². The molecule has 0 fully saturated rings. The van der Waals surface area contributed by atoms with Crippen LogP contribution in [-0.2, 0) is 11.2 Å². The molecule has 0 aliphatic heterocycles. The second kappa shape index (κ2) is 8.99. The highest BCUT2D eigenvalue weighted by Crippen LogP contribution is 2.32. The van der Waals surface area contributed by atoms with Crippen LogP contribution in [0.2, 0.25) is 0 Å². The zero-order valence-corrected chi connectivity index (χ0v) is 18.8. The van der Waals surface area contributed by atoms with Crippen LogP contribution >= 0.6 is 11.3 Å². The number of benzene rings is 2. The SMILES string of the molecule is CCOc1cccc2cc(-c3cc(=O)oc4cc(OC(=O)Cc5cccs5)ccc34)c(=O)oc12. The van der Waals surface area contributed by atoms with E-state index in [4.69, 9.17) is 18.3 Å². The smallest absolute Gasteiger partial charge is 0.344 e. The summed E-state index contributed by atoms with van der Waals surface area (Å²) in [6.45, 7) is 2.27.